The average Bonchev–Trinajstić information content (AvgIpc) is 2.78. The largest absolute Gasteiger partial charge is 0.342 e. The number of amides is 2. The van der Waals surface area contributed by atoms with Gasteiger partial charge in [0, 0.05) is 57.2 Å². The first-order chi connectivity index (χ1) is 14.0. The number of hydrogen-bond donors (Lipinski definition) is 0. The highest BCUT2D eigenvalue weighted by atomic mass is 16.2. The van der Waals surface area contributed by atoms with Crippen LogP contribution in [0.25, 0.3) is 0 Å². The highest BCUT2D eigenvalue weighted by Gasteiger charge is 2.31. The van der Waals surface area contributed by atoms with Crippen molar-refractivity contribution >= 4 is 11.8 Å². The molecule has 2 saturated heterocycles. The Balaban J connectivity index is 1.41. The lowest BCUT2D eigenvalue weighted by molar-refractivity contribution is -0.137. The number of rotatable bonds is 3. The van der Waals surface area contributed by atoms with Crippen LogP contribution in [0, 0.1) is 0 Å². The van der Waals surface area contributed by atoms with Crippen LogP contribution < -0.4 is 0 Å². The number of aromatic nitrogens is 2. The smallest absolute Gasteiger partial charge is 0.239 e. The van der Waals surface area contributed by atoms with E-state index in [1.807, 2.05) is 22.9 Å². The summed E-state index contributed by atoms with van der Waals surface area (Å²) in [6.07, 6.45) is 8.39. The summed E-state index contributed by atoms with van der Waals surface area (Å²) in [7, 11) is 0. The molecule has 1 aromatic heterocycles. The fraction of sp³-hybridized carbons (Fsp3) is 0.727. The van der Waals surface area contributed by atoms with Crippen molar-refractivity contribution in [3.63, 3.8) is 0 Å². The Kier molecular flexibility index (Phi) is 6.13. The topological polar surface area (TPSA) is 69.6 Å². The molecule has 4 rings (SSSR count). The molecule has 2 amide bonds. The molecule has 29 heavy (non-hydrogen) atoms. The molecule has 3 aliphatic rings. The molecule has 7 nitrogen and oxygen atoms in total. The molecule has 0 aliphatic carbocycles. The van der Waals surface area contributed by atoms with E-state index in [2.05, 4.69) is 9.88 Å². The Morgan fingerprint density at radius 1 is 1.07 bits per heavy atom. The molecule has 2 unspecified atom stereocenters. The number of hydrogen-bond acceptors (Lipinski definition) is 5. The summed E-state index contributed by atoms with van der Waals surface area (Å²) in [4.78, 5) is 40.5. The number of carbonyl (C=O) groups excluding carboxylic acids is 2. The molecule has 158 valence electrons. The second kappa shape index (κ2) is 8.78. The Labute approximate surface area is 173 Å². The lowest BCUT2D eigenvalue weighted by Crippen LogP contribution is -2.50. The summed E-state index contributed by atoms with van der Waals surface area (Å²) in [6.45, 7) is 8.63. The predicted octanol–water partition coefficient (Wildman–Crippen LogP) is 1.96. The van der Waals surface area contributed by atoms with Crippen LogP contribution >= 0.6 is 0 Å². The number of piperidine rings is 2. The van der Waals surface area contributed by atoms with Gasteiger partial charge in [0.15, 0.2) is 0 Å². The molecule has 1 aromatic rings. The van der Waals surface area contributed by atoms with Crippen molar-refractivity contribution in [2.75, 3.05) is 32.7 Å². The Bertz CT molecular complexity index is 762. The second-order valence-corrected chi connectivity index (χ2v) is 8.79. The third-order valence-corrected chi connectivity index (χ3v) is 6.79. The molecule has 0 aromatic carbocycles. The molecule has 4 heterocycles. The van der Waals surface area contributed by atoms with Crippen LogP contribution in [0.3, 0.4) is 0 Å². The number of carbonyl (C=O) groups is 2. The normalized spacial score (nSPS) is 24.1. The van der Waals surface area contributed by atoms with E-state index in [0.29, 0.717) is 13.1 Å². The Morgan fingerprint density at radius 3 is 2.62 bits per heavy atom. The predicted molar refractivity (Wildman–Crippen MR) is 110 cm³/mol. The van der Waals surface area contributed by atoms with Gasteiger partial charge in [0.05, 0.1) is 11.7 Å². The van der Waals surface area contributed by atoms with Gasteiger partial charge in [-0.15, -0.1) is 0 Å². The Hall–Kier alpha value is -2.02. The minimum atomic E-state index is -0.0446. The summed E-state index contributed by atoms with van der Waals surface area (Å²) in [5, 5.41) is 0. The maximum Gasteiger partial charge on any atom is 0.239 e. The zero-order valence-electron chi connectivity index (χ0n) is 17.8. The van der Waals surface area contributed by atoms with Gasteiger partial charge in [0.25, 0.3) is 0 Å². The Morgan fingerprint density at radius 2 is 1.86 bits per heavy atom. The van der Waals surface area contributed by atoms with Crippen LogP contribution in [-0.2, 0) is 22.6 Å². The lowest BCUT2D eigenvalue weighted by atomic mass is 9.96. The first-order valence-electron chi connectivity index (χ1n) is 11.2. The van der Waals surface area contributed by atoms with Crippen LogP contribution in [0.15, 0.2) is 6.20 Å². The lowest BCUT2D eigenvalue weighted by Gasteiger charge is -2.36. The van der Waals surface area contributed by atoms with Crippen LogP contribution in [0.1, 0.15) is 69.0 Å². The van der Waals surface area contributed by atoms with Gasteiger partial charge in [-0.05, 0) is 45.7 Å². The number of fused-ring (bicyclic) bond motifs is 1. The summed E-state index contributed by atoms with van der Waals surface area (Å²) < 4.78 is 0. The van der Waals surface area contributed by atoms with Gasteiger partial charge >= 0.3 is 0 Å². The average molecular weight is 400 g/mol. The van der Waals surface area contributed by atoms with Gasteiger partial charge in [-0.3, -0.25) is 14.5 Å². The fourth-order valence-corrected chi connectivity index (χ4v) is 4.92. The first kappa shape index (κ1) is 20.3. The molecule has 0 radical (unpaired) electrons. The van der Waals surface area contributed by atoms with E-state index in [1.54, 1.807) is 6.92 Å². The minimum Gasteiger partial charge on any atom is -0.342 e. The van der Waals surface area contributed by atoms with E-state index in [-0.39, 0.29) is 23.8 Å². The molecule has 0 bridgehead atoms. The van der Waals surface area contributed by atoms with Crippen molar-refractivity contribution in [2.45, 2.75) is 70.9 Å². The third-order valence-electron chi connectivity index (χ3n) is 6.79. The SMILES string of the molecule is CC(=O)N1CCCC(c2ncc3c(n2)CCN(C(=O)C(C)N2CCCCC2)C3)C1. The fourth-order valence-electron chi connectivity index (χ4n) is 4.92. The summed E-state index contributed by atoms with van der Waals surface area (Å²) in [5.41, 5.74) is 2.14. The molecule has 0 N–H and O–H groups in total. The highest BCUT2D eigenvalue weighted by molar-refractivity contribution is 5.81. The van der Waals surface area contributed by atoms with Gasteiger partial charge in [0.2, 0.25) is 11.8 Å². The number of likely N-dealkylation sites (tertiary alicyclic amines) is 2. The van der Waals surface area contributed by atoms with E-state index in [4.69, 9.17) is 4.98 Å². The van der Waals surface area contributed by atoms with Crippen molar-refractivity contribution in [3.05, 3.63) is 23.3 Å². The van der Waals surface area contributed by atoms with Gasteiger partial charge < -0.3 is 9.80 Å². The van der Waals surface area contributed by atoms with Crippen LogP contribution in [0.2, 0.25) is 0 Å². The van der Waals surface area contributed by atoms with E-state index in [9.17, 15) is 9.59 Å². The molecular formula is C22H33N5O2. The summed E-state index contributed by atoms with van der Waals surface area (Å²) in [5.74, 6) is 1.43. The van der Waals surface area contributed by atoms with E-state index in [0.717, 1.165) is 62.5 Å². The zero-order valence-corrected chi connectivity index (χ0v) is 17.8. The van der Waals surface area contributed by atoms with Crippen molar-refractivity contribution < 1.29 is 9.59 Å². The van der Waals surface area contributed by atoms with E-state index in [1.165, 1.54) is 19.3 Å². The molecule has 0 saturated carbocycles. The van der Waals surface area contributed by atoms with E-state index >= 15 is 0 Å². The molecule has 0 spiro atoms. The summed E-state index contributed by atoms with van der Waals surface area (Å²) >= 11 is 0. The van der Waals surface area contributed by atoms with Crippen molar-refractivity contribution in [2.24, 2.45) is 0 Å². The second-order valence-electron chi connectivity index (χ2n) is 8.79. The number of nitrogens with zero attached hydrogens (tertiary/aromatic N) is 5. The molecule has 2 atom stereocenters. The highest BCUT2D eigenvalue weighted by Crippen LogP contribution is 2.27. The zero-order chi connectivity index (χ0) is 20.4. The molecule has 2 fully saturated rings. The van der Waals surface area contributed by atoms with Crippen molar-refractivity contribution in [1.82, 2.24) is 24.7 Å². The third kappa shape index (κ3) is 4.44. The quantitative estimate of drug-likeness (QED) is 0.777. The minimum absolute atomic E-state index is 0.0446. The van der Waals surface area contributed by atoms with E-state index < -0.39 is 0 Å². The summed E-state index contributed by atoms with van der Waals surface area (Å²) in [6, 6.07) is -0.0446. The van der Waals surface area contributed by atoms with Crippen molar-refractivity contribution in [3.8, 4) is 0 Å². The standard InChI is InChI=1S/C22H33N5O2/c1-16(25-9-4-3-5-10-25)22(29)27-12-8-20-19(15-27)13-23-21(24-20)18-7-6-11-26(14-18)17(2)28/h13,16,18H,3-12,14-15H2,1-2H3. The maximum absolute atomic E-state index is 13.0. The van der Waals surface area contributed by atoms with Gasteiger partial charge in [-0.2, -0.15) is 0 Å². The maximum atomic E-state index is 13.0. The van der Waals surface area contributed by atoms with Crippen LogP contribution in [-0.4, -0.2) is 75.2 Å². The molecule has 7 heteroatoms. The van der Waals surface area contributed by atoms with Gasteiger partial charge in [0.1, 0.15) is 5.82 Å². The van der Waals surface area contributed by atoms with Crippen LogP contribution in [0.4, 0.5) is 0 Å². The van der Waals surface area contributed by atoms with Gasteiger partial charge in [-0.25, -0.2) is 9.97 Å². The van der Waals surface area contributed by atoms with Gasteiger partial charge in [-0.1, -0.05) is 6.42 Å². The molecular weight excluding hydrogens is 366 g/mol. The van der Waals surface area contributed by atoms with Crippen LogP contribution in [0.5, 0.6) is 0 Å². The monoisotopic (exact) mass is 399 g/mol. The van der Waals surface area contributed by atoms with Crippen molar-refractivity contribution in [1.29, 1.82) is 0 Å². The molecule has 3 aliphatic heterocycles. The first-order valence-corrected chi connectivity index (χ1v) is 11.2.